The minimum absolute atomic E-state index is 0.191. The molecular weight excluding hydrogens is 362 g/mol. The van der Waals surface area contributed by atoms with Gasteiger partial charge in [-0.1, -0.05) is 30.3 Å². The summed E-state index contributed by atoms with van der Waals surface area (Å²) in [7, 11) is 0. The zero-order chi connectivity index (χ0) is 20.1. The maximum atomic E-state index is 12.7. The fourth-order valence-electron chi connectivity index (χ4n) is 4.34. The summed E-state index contributed by atoms with van der Waals surface area (Å²) in [6.07, 6.45) is 4.63. The van der Waals surface area contributed by atoms with Crippen LogP contribution in [0.25, 0.3) is 0 Å². The highest BCUT2D eigenvalue weighted by molar-refractivity contribution is 5.97. The summed E-state index contributed by atoms with van der Waals surface area (Å²) >= 11 is 0. The summed E-state index contributed by atoms with van der Waals surface area (Å²) in [6, 6.07) is 16.5. The van der Waals surface area contributed by atoms with Crippen LogP contribution in [0.5, 0.6) is 0 Å². The molecule has 0 bridgehead atoms. The van der Waals surface area contributed by atoms with Gasteiger partial charge in [0.15, 0.2) is 12.1 Å². The summed E-state index contributed by atoms with van der Waals surface area (Å²) in [5.74, 6) is 0.942. The maximum Gasteiger partial charge on any atom is 0.164 e. The molecule has 2 N–H and O–H groups in total. The van der Waals surface area contributed by atoms with Crippen LogP contribution in [-0.4, -0.2) is 42.8 Å². The van der Waals surface area contributed by atoms with E-state index in [9.17, 15) is 9.59 Å². The van der Waals surface area contributed by atoms with Crippen molar-refractivity contribution in [1.82, 2.24) is 10.2 Å². The first kappa shape index (κ1) is 19.8. The third kappa shape index (κ3) is 5.11. The van der Waals surface area contributed by atoms with Gasteiger partial charge in [-0.25, -0.2) is 0 Å². The van der Waals surface area contributed by atoms with Crippen molar-refractivity contribution >= 4 is 17.8 Å². The number of ketones is 1. The Morgan fingerprint density at radius 1 is 1.10 bits per heavy atom. The molecule has 0 amide bonds. The molecule has 4 rings (SSSR count). The second-order valence-corrected chi connectivity index (χ2v) is 8.16. The number of anilines is 1. The topological polar surface area (TPSA) is 61.4 Å². The van der Waals surface area contributed by atoms with Gasteiger partial charge in [-0.2, -0.15) is 0 Å². The van der Waals surface area contributed by atoms with Crippen molar-refractivity contribution in [2.45, 2.75) is 38.4 Å². The number of likely N-dealkylation sites (tertiary alicyclic amines) is 1. The minimum atomic E-state index is -0.353. The van der Waals surface area contributed by atoms with E-state index in [0.29, 0.717) is 13.0 Å². The number of carbonyl (C=O) groups excluding carboxylic acids is 2. The van der Waals surface area contributed by atoms with Crippen molar-refractivity contribution in [3.8, 4) is 0 Å². The molecule has 152 valence electrons. The fraction of sp³-hybridized carbons (Fsp3) is 0.417. The van der Waals surface area contributed by atoms with Crippen molar-refractivity contribution in [3.63, 3.8) is 0 Å². The van der Waals surface area contributed by atoms with Gasteiger partial charge in [-0.15, -0.1) is 0 Å². The van der Waals surface area contributed by atoms with E-state index in [1.165, 1.54) is 18.4 Å². The van der Waals surface area contributed by atoms with E-state index in [1.807, 2.05) is 18.2 Å². The Morgan fingerprint density at radius 2 is 1.90 bits per heavy atom. The van der Waals surface area contributed by atoms with Crippen LogP contribution in [0.3, 0.4) is 0 Å². The van der Waals surface area contributed by atoms with Gasteiger partial charge >= 0.3 is 0 Å². The smallest absolute Gasteiger partial charge is 0.164 e. The van der Waals surface area contributed by atoms with E-state index in [1.54, 1.807) is 0 Å². The van der Waals surface area contributed by atoms with Crippen molar-refractivity contribution in [2.24, 2.45) is 5.92 Å². The molecule has 1 saturated heterocycles. The van der Waals surface area contributed by atoms with Crippen molar-refractivity contribution in [3.05, 3.63) is 65.2 Å². The lowest BCUT2D eigenvalue weighted by atomic mass is 9.90. The van der Waals surface area contributed by atoms with Crippen LogP contribution in [0.15, 0.2) is 48.5 Å². The molecule has 0 aromatic heterocycles. The molecule has 5 nitrogen and oxygen atoms in total. The van der Waals surface area contributed by atoms with Crippen LogP contribution in [0.2, 0.25) is 0 Å². The highest BCUT2D eigenvalue weighted by Crippen LogP contribution is 2.24. The summed E-state index contributed by atoms with van der Waals surface area (Å²) in [5, 5.41) is 6.22. The van der Waals surface area contributed by atoms with Crippen molar-refractivity contribution < 1.29 is 9.59 Å². The van der Waals surface area contributed by atoms with Gasteiger partial charge in [-0.05, 0) is 67.6 Å². The number of hydrogen-bond donors (Lipinski definition) is 2. The van der Waals surface area contributed by atoms with Gasteiger partial charge in [0.25, 0.3) is 0 Å². The number of benzene rings is 2. The molecule has 1 fully saturated rings. The lowest BCUT2D eigenvalue weighted by Crippen LogP contribution is -2.41. The number of fused-ring (bicyclic) bond motifs is 1. The molecule has 0 radical (unpaired) electrons. The number of hydrogen-bond acceptors (Lipinski definition) is 5. The van der Waals surface area contributed by atoms with Gasteiger partial charge in [0.05, 0.1) is 0 Å². The van der Waals surface area contributed by atoms with Gasteiger partial charge in [0.2, 0.25) is 0 Å². The average Bonchev–Trinajstić information content (AvgIpc) is 2.78. The Kier molecular flexibility index (Phi) is 6.37. The van der Waals surface area contributed by atoms with Crippen LogP contribution in [0.1, 0.15) is 40.7 Å². The summed E-state index contributed by atoms with van der Waals surface area (Å²) in [6.45, 7) is 3.59. The van der Waals surface area contributed by atoms with Crippen LogP contribution in [-0.2, 0) is 17.8 Å². The van der Waals surface area contributed by atoms with Gasteiger partial charge < -0.3 is 10.2 Å². The molecule has 2 aromatic carbocycles. The SMILES string of the molecule is O=CC1NCc2cc(C(=O)CCN3CCC(Cc4ccccc4)CC3)ccc2N1. The van der Waals surface area contributed by atoms with Crippen molar-refractivity contribution in [2.75, 3.05) is 25.0 Å². The van der Waals surface area contributed by atoms with E-state index in [2.05, 4.69) is 45.9 Å². The number of piperidine rings is 1. The highest BCUT2D eigenvalue weighted by Gasteiger charge is 2.21. The number of nitrogens with zero attached hydrogens (tertiary/aromatic N) is 1. The van der Waals surface area contributed by atoms with Crippen LogP contribution in [0.4, 0.5) is 5.69 Å². The van der Waals surface area contributed by atoms with E-state index >= 15 is 0 Å². The molecule has 0 spiro atoms. The molecule has 0 saturated carbocycles. The first-order valence-electron chi connectivity index (χ1n) is 10.6. The van der Waals surface area contributed by atoms with Gasteiger partial charge in [0.1, 0.15) is 6.17 Å². The van der Waals surface area contributed by atoms with E-state index < -0.39 is 0 Å². The third-order valence-electron chi connectivity index (χ3n) is 6.12. The second kappa shape index (κ2) is 9.33. The predicted octanol–water partition coefficient (Wildman–Crippen LogP) is 3.25. The maximum absolute atomic E-state index is 12.7. The zero-order valence-electron chi connectivity index (χ0n) is 16.8. The first-order chi connectivity index (χ1) is 14.2. The molecular formula is C24H29N3O2. The highest BCUT2D eigenvalue weighted by atomic mass is 16.1. The van der Waals surface area contributed by atoms with E-state index in [0.717, 1.165) is 55.1 Å². The molecule has 5 heteroatoms. The van der Waals surface area contributed by atoms with Crippen LogP contribution < -0.4 is 10.6 Å². The Bertz CT molecular complexity index is 844. The van der Waals surface area contributed by atoms with E-state index in [-0.39, 0.29) is 11.9 Å². The monoisotopic (exact) mass is 391 g/mol. The lowest BCUT2D eigenvalue weighted by molar-refractivity contribution is -0.109. The predicted molar refractivity (Wildman–Crippen MR) is 115 cm³/mol. The van der Waals surface area contributed by atoms with Crippen LogP contribution >= 0.6 is 0 Å². The largest absolute Gasteiger partial charge is 0.364 e. The number of nitrogens with one attached hydrogen (secondary N) is 2. The number of rotatable bonds is 7. The standard InChI is InChI=1S/C24H29N3O2/c28-17-24-25-16-21-15-20(6-7-22(21)26-24)23(29)10-13-27-11-8-19(9-12-27)14-18-4-2-1-3-5-18/h1-7,15,17,19,24-26H,8-14,16H2. The molecule has 1 atom stereocenters. The zero-order valence-corrected chi connectivity index (χ0v) is 16.8. The minimum Gasteiger partial charge on any atom is -0.364 e. The average molecular weight is 392 g/mol. The molecule has 2 aliphatic heterocycles. The molecule has 29 heavy (non-hydrogen) atoms. The molecule has 2 aliphatic rings. The molecule has 2 heterocycles. The number of Topliss-reactive ketones (excluding diaryl/α,β-unsaturated/α-hetero) is 1. The summed E-state index contributed by atoms with van der Waals surface area (Å²) < 4.78 is 0. The number of carbonyl (C=O) groups is 2. The molecule has 1 unspecified atom stereocenters. The Labute approximate surface area is 172 Å². The summed E-state index contributed by atoms with van der Waals surface area (Å²) in [4.78, 5) is 26.0. The normalized spacial score (nSPS) is 19.9. The number of aldehydes is 1. The molecule has 2 aromatic rings. The Hall–Kier alpha value is -2.50. The van der Waals surface area contributed by atoms with E-state index in [4.69, 9.17) is 0 Å². The van der Waals surface area contributed by atoms with Gasteiger partial charge in [-0.3, -0.25) is 14.9 Å². The second-order valence-electron chi connectivity index (χ2n) is 8.16. The quantitative estimate of drug-likeness (QED) is 0.560. The first-order valence-corrected chi connectivity index (χ1v) is 10.6. The molecule has 0 aliphatic carbocycles. The van der Waals surface area contributed by atoms with Gasteiger partial charge in [0, 0.05) is 30.8 Å². The Morgan fingerprint density at radius 3 is 2.66 bits per heavy atom. The lowest BCUT2D eigenvalue weighted by Gasteiger charge is -2.32. The van der Waals surface area contributed by atoms with Crippen molar-refractivity contribution in [1.29, 1.82) is 0 Å². The summed E-state index contributed by atoms with van der Waals surface area (Å²) in [5.41, 5.74) is 4.15. The Balaban J connectivity index is 1.24. The third-order valence-corrected chi connectivity index (χ3v) is 6.12. The van der Waals surface area contributed by atoms with Crippen LogP contribution in [0, 0.1) is 5.92 Å². The fourth-order valence-corrected chi connectivity index (χ4v) is 4.34.